The number of hydrogen-bond donors (Lipinski definition) is 1. The van der Waals surface area contributed by atoms with Crippen LogP contribution in [0.25, 0.3) is 0 Å². The highest BCUT2D eigenvalue weighted by molar-refractivity contribution is 4.95. The van der Waals surface area contributed by atoms with Gasteiger partial charge in [-0.15, -0.1) is 0 Å². The van der Waals surface area contributed by atoms with E-state index < -0.39 is 0 Å². The zero-order chi connectivity index (χ0) is 27.0. The molecule has 0 aromatic rings. The first-order valence-electron chi connectivity index (χ1n) is 16.1. The molecule has 2 aliphatic carbocycles. The molecule has 2 heteroatoms. The van der Waals surface area contributed by atoms with E-state index in [0.29, 0.717) is 12.1 Å². The predicted molar refractivity (Wildman–Crippen MR) is 161 cm³/mol. The molecular weight excluding hydrogens is 424 g/mol. The van der Waals surface area contributed by atoms with Crippen molar-refractivity contribution in [2.45, 2.75) is 177 Å². The van der Waals surface area contributed by atoms with Gasteiger partial charge in [-0.1, -0.05) is 114 Å². The summed E-state index contributed by atoms with van der Waals surface area (Å²) in [6.45, 7) is 25.5. The topological polar surface area (TPSA) is 15.3 Å². The predicted octanol–water partition coefficient (Wildman–Crippen LogP) is 9.96. The first-order valence-corrected chi connectivity index (χ1v) is 16.1. The molecule has 212 valence electrons. The Morgan fingerprint density at radius 1 is 0.714 bits per heavy atom. The number of nitrogens with one attached hydrogen (secondary N) is 1. The van der Waals surface area contributed by atoms with E-state index in [2.05, 4.69) is 93.4 Å². The van der Waals surface area contributed by atoms with Crippen molar-refractivity contribution in [2.75, 3.05) is 7.05 Å². The van der Waals surface area contributed by atoms with Gasteiger partial charge in [-0.05, 0) is 76.2 Å². The highest BCUT2D eigenvalue weighted by atomic mass is 15.2. The average molecular weight is 495 g/mol. The Labute approximate surface area is 224 Å². The third-order valence-corrected chi connectivity index (χ3v) is 9.74. The summed E-state index contributed by atoms with van der Waals surface area (Å²) < 4.78 is 0. The highest BCUT2D eigenvalue weighted by Gasteiger charge is 2.39. The standard InChI is InChI=1S/C17H36N2.C10H20.C6H14/c1-8-14(9-2)18-15-10-16(12(3)4)17(11-15)19(7)13(5)6;1-3-9-7-5-6-8-10(9)4-2;1-4-6(3)5-2/h12-18H,8-11H2,1-7H3;9-10H,3-8H2,1-2H3;6H,4-5H2,1-3H3. The lowest BCUT2D eigenvalue weighted by Crippen LogP contribution is -2.41. The molecule has 2 rings (SSSR count). The Bertz CT molecular complexity index is 454. The molecule has 0 saturated heterocycles. The van der Waals surface area contributed by atoms with E-state index >= 15 is 0 Å². The molecule has 5 unspecified atom stereocenters. The van der Waals surface area contributed by atoms with Gasteiger partial charge in [0.1, 0.15) is 0 Å². The van der Waals surface area contributed by atoms with Crippen molar-refractivity contribution in [2.24, 2.45) is 29.6 Å². The molecule has 35 heavy (non-hydrogen) atoms. The fourth-order valence-electron chi connectivity index (χ4n) is 6.26. The van der Waals surface area contributed by atoms with Crippen molar-refractivity contribution in [3.63, 3.8) is 0 Å². The molecule has 0 bridgehead atoms. The summed E-state index contributed by atoms with van der Waals surface area (Å²) in [7, 11) is 2.31. The van der Waals surface area contributed by atoms with Crippen molar-refractivity contribution >= 4 is 0 Å². The van der Waals surface area contributed by atoms with Crippen LogP contribution in [0.5, 0.6) is 0 Å². The second-order valence-electron chi connectivity index (χ2n) is 12.6. The second-order valence-corrected chi connectivity index (χ2v) is 12.6. The minimum Gasteiger partial charge on any atom is -0.311 e. The Morgan fingerprint density at radius 2 is 1.20 bits per heavy atom. The van der Waals surface area contributed by atoms with Crippen LogP contribution in [-0.4, -0.2) is 36.1 Å². The largest absolute Gasteiger partial charge is 0.311 e. The van der Waals surface area contributed by atoms with Crippen molar-refractivity contribution in [3.8, 4) is 0 Å². The van der Waals surface area contributed by atoms with Gasteiger partial charge in [-0.2, -0.15) is 0 Å². The normalized spacial score (nSPS) is 26.8. The Hall–Kier alpha value is -0.0800. The highest BCUT2D eigenvalue weighted by Crippen LogP contribution is 2.36. The van der Waals surface area contributed by atoms with Gasteiger partial charge in [0.2, 0.25) is 0 Å². The van der Waals surface area contributed by atoms with E-state index in [9.17, 15) is 0 Å². The molecule has 2 aliphatic rings. The lowest BCUT2D eigenvalue weighted by molar-refractivity contribution is 0.135. The van der Waals surface area contributed by atoms with E-state index in [1.807, 2.05) is 0 Å². The quantitative estimate of drug-likeness (QED) is 0.307. The molecule has 1 N–H and O–H groups in total. The van der Waals surface area contributed by atoms with Crippen LogP contribution >= 0.6 is 0 Å². The second kappa shape index (κ2) is 20.0. The maximum Gasteiger partial charge on any atom is 0.0141 e. The molecule has 5 atom stereocenters. The third kappa shape index (κ3) is 13.3. The van der Waals surface area contributed by atoms with Crippen LogP contribution < -0.4 is 5.32 Å². The number of nitrogens with zero attached hydrogens (tertiary/aromatic N) is 1. The zero-order valence-electron chi connectivity index (χ0n) is 26.6. The minimum absolute atomic E-state index is 0.651. The molecule has 2 fully saturated rings. The smallest absolute Gasteiger partial charge is 0.0141 e. The van der Waals surface area contributed by atoms with Gasteiger partial charge in [0.25, 0.3) is 0 Å². The fourth-order valence-corrected chi connectivity index (χ4v) is 6.26. The van der Waals surface area contributed by atoms with Crippen LogP contribution in [0.2, 0.25) is 0 Å². The maximum absolute atomic E-state index is 3.90. The summed E-state index contributed by atoms with van der Waals surface area (Å²) in [5.41, 5.74) is 0. The number of hydrogen-bond acceptors (Lipinski definition) is 2. The molecule has 0 aromatic carbocycles. The molecule has 0 amide bonds. The van der Waals surface area contributed by atoms with Gasteiger partial charge in [0, 0.05) is 24.2 Å². The van der Waals surface area contributed by atoms with Gasteiger partial charge in [-0.25, -0.2) is 0 Å². The summed E-state index contributed by atoms with van der Waals surface area (Å²) in [5, 5.41) is 3.90. The minimum atomic E-state index is 0.651. The summed E-state index contributed by atoms with van der Waals surface area (Å²) >= 11 is 0. The summed E-state index contributed by atoms with van der Waals surface area (Å²) in [6.07, 6.45) is 16.7. The van der Waals surface area contributed by atoms with Crippen LogP contribution in [-0.2, 0) is 0 Å². The molecule has 0 aliphatic heterocycles. The lowest BCUT2D eigenvalue weighted by atomic mass is 9.77. The molecule has 0 heterocycles. The monoisotopic (exact) mass is 495 g/mol. The van der Waals surface area contributed by atoms with Gasteiger partial charge in [0.05, 0.1) is 0 Å². The molecule has 2 nitrogen and oxygen atoms in total. The van der Waals surface area contributed by atoms with Crippen molar-refractivity contribution < 1.29 is 0 Å². The van der Waals surface area contributed by atoms with Gasteiger partial charge >= 0.3 is 0 Å². The summed E-state index contributed by atoms with van der Waals surface area (Å²) in [4.78, 5) is 2.60. The van der Waals surface area contributed by atoms with Gasteiger partial charge < -0.3 is 10.2 Å². The Kier molecular flexibility index (Phi) is 19.9. The lowest BCUT2D eigenvalue weighted by Gasteiger charge is -2.34. The van der Waals surface area contributed by atoms with E-state index in [0.717, 1.165) is 41.7 Å². The Balaban J connectivity index is 0.000000598. The SMILES string of the molecule is CCC(C)CC.CCC(CC)NC1CC(C(C)C)C(N(C)C(C)C)C1.CCC1CCCCC1CC. The van der Waals surface area contributed by atoms with E-state index in [1.165, 1.54) is 77.0 Å². The zero-order valence-corrected chi connectivity index (χ0v) is 26.6. The average Bonchev–Trinajstić information content (AvgIpc) is 3.30. The van der Waals surface area contributed by atoms with Crippen LogP contribution in [0, 0.1) is 29.6 Å². The van der Waals surface area contributed by atoms with Gasteiger partial charge in [0.15, 0.2) is 0 Å². The summed E-state index contributed by atoms with van der Waals surface area (Å²) in [6, 6.07) is 2.84. The first-order chi connectivity index (χ1) is 16.6. The van der Waals surface area contributed by atoms with Crippen LogP contribution in [0.1, 0.15) is 153 Å². The van der Waals surface area contributed by atoms with Crippen molar-refractivity contribution in [1.82, 2.24) is 10.2 Å². The van der Waals surface area contributed by atoms with Gasteiger partial charge in [-0.3, -0.25) is 0 Å². The van der Waals surface area contributed by atoms with Crippen LogP contribution in [0.3, 0.4) is 0 Å². The number of rotatable bonds is 11. The third-order valence-electron chi connectivity index (χ3n) is 9.74. The molecule has 0 radical (unpaired) electrons. The summed E-state index contributed by atoms with van der Waals surface area (Å²) in [5.74, 6) is 4.71. The fraction of sp³-hybridized carbons (Fsp3) is 1.00. The van der Waals surface area contributed by atoms with Crippen molar-refractivity contribution in [3.05, 3.63) is 0 Å². The molecule has 0 aromatic heterocycles. The maximum atomic E-state index is 3.90. The molecular formula is C33H70N2. The molecule has 2 saturated carbocycles. The van der Waals surface area contributed by atoms with Crippen molar-refractivity contribution in [1.29, 1.82) is 0 Å². The van der Waals surface area contributed by atoms with E-state index in [4.69, 9.17) is 0 Å². The first kappa shape index (κ1) is 34.9. The van der Waals surface area contributed by atoms with Crippen LogP contribution in [0.15, 0.2) is 0 Å². The van der Waals surface area contributed by atoms with E-state index in [-0.39, 0.29) is 0 Å². The van der Waals surface area contributed by atoms with Crippen LogP contribution in [0.4, 0.5) is 0 Å². The molecule has 0 spiro atoms. The van der Waals surface area contributed by atoms with E-state index in [1.54, 1.807) is 0 Å². The Morgan fingerprint density at radius 3 is 1.51 bits per heavy atom.